The first-order valence-corrected chi connectivity index (χ1v) is 15.3. The first kappa shape index (κ1) is 29.2. The van der Waals surface area contributed by atoms with Gasteiger partial charge in [-0.25, -0.2) is 28.3 Å². The van der Waals surface area contributed by atoms with Crippen LogP contribution < -0.4 is 4.90 Å². The molecule has 4 aromatic rings. The van der Waals surface area contributed by atoms with E-state index in [-0.39, 0.29) is 40.4 Å². The Kier molecular flexibility index (Phi) is 7.24. The number of fused-ring (bicyclic) bond motifs is 1. The average molecular weight is 645 g/mol. The summed E-state index contributed by atoms with van der Waals surface area (Å²) in [5.41, 5.74) is 0.757. The number of aromatic nitrogens is 4. The van der Waals surface area contributed by atoms with Crippen molar-refractivity contribution in [1.82, 2.24) is 23.8 Å². The molecule has 0 radical (unpaired) electrons. The fraction of sp³-hybridized carbons (Fsp3) is 0.250. The Morgan fingerprint density at radius 3 is 2.33 bits per heavy atom. The number of nitrogens with zero attached hydrogens (tertiary/aromatic N) is 6. The van der Waals surface area contributed by atoms with Crippen LogP contribution in [-0.2, 0) is 31.6 Å². The number of sulfonamides is 1. The Labute approximate surface area is 255 Å². The molecular weight excluding hydrogens is 622 g/mol. The molecule has 0 bridgehead atoms. The third kappa shape index (κ3) is 4.95. The SMILES string of the molecule is CC1(Cc2ccc(-c3cnc(F)nc3)cc2)C(=O)N(c2cc(Cl)cc(Cl)c2)c2ncc(S(=O)(=O)N3CCCC3C(=O)O)n21. The molecule has 0 aliphatic carbocycles. The Morgan fingerprint density at radius 1 is 1.05 bits per heavy atom. The fourth-order valence-electron chi connectivity index (χ4n) is 5.68. The molecule has 43 heavy (non-hydrogen) atoms. The number of halogens is 3. The first-order chi connectivity index (χ1) is 20.4. The molecule has 1 amide bonds. The highest BCUT2D eigenvalue weighted by atomic mass is 35.5. The maximum absolute atomic E-state index is 14.3. The topological polar surface area (TPSA) is 139 Å². The normalized spacial score (nSPS) is 20.5. The lowest BCUT2D eigenvalue weighted by molar-refractivity contribution is -0.140. The molecular formula is C28H23Cl2FN6O5S. The molecule has 1 fully saturated rings. The number of benzene rings is 2. The number of hydrogen-bond acceptors (Lipinski definition) is 7. The van der Waals surface area contributed by atoms with E-state index in [0.29, 0.717) is 28.8 Å². The number of carbonyl (C=O) groups excluding carboxylic acids is 1. The minimum Gasteiger partial charge on any atom is -0.480 e. The zero-order valence-corrected chi connectivity index (χ0v) is 24.8. The summed E-state index contributed by atoms with van der Waals surface area (Å²) < 4.78 is 43.5. The number of amides is 1. The molecule has 2 aromatic carbocycles. The van der Waals surface area contributed by atoms with E-state index in [0.717, 1.165) is 10.5 Å². The van der Waals surface area contributed by atoms with Gasteiger partial charge in [-0.15, -0.1) is 0 Å². The number of rotatable bonds is 7. The number of carbonyl (C=O) groups is 2. The first-order valence-electron chi connectivity index (χ1n) is 13.1. The highest BCUT2D eigenvalue weighted by Gasteiger charge is 2.53. The van der Waals surface area contributed by atoms with Gasteiger partial charge in [0.1, 0.15) is 11.6 Å². The summed E-state index contributed by atoms with van der Waals surface area (Å²) in [7, 11) is -4.39. The lowest BCUT2D eigenvalue weighted by Gasteiger charge is -2.28. The van der Waals surface area contributed by atoms with Crippen molar-refractivity contribution in [2.45, 2.75) is 42.8 Å². The van der Waals surface area contributed by atoms with Gasteiger partial charge in [-0.1, -0.05) is 47.5 Å². The third-order valence-electron chi connectivity index (χ3n) is 7.69. The van der Waals surface area contributed by atoms with Crippen molar-refractivity contribution in [1.29, 1.82) is 0 Å². The molecule has 4 heterocycles. The quantitative estimate of drug-likeness (QED) is 0.287. The summed E-state index contributed by atoms with van der Waals surface area (Å²) in [6, 6.07) is 10.4. The van der Waals surface area contributed by atoms with Crippen molar-refractivity contribution < 1.29 is 27.5 Å². The molecule has 6 rings (SSSR count). The van der Waals surface area contributed by atoms with Gasteiger partial charge in [0.2, 0.25) is 5.95 Å². The summed E-state index contributed by atoms with van der Waals surface area (Å²) in [4.78, 5) is 39.0. The number of anilines is 2. The lowest BCUT2D eigenvalue weighted by Crippen LogP contribution is -2.45. The summed E-state index contributed by atoms with van der Waals surface area (Å²) in [6.07, 6.45) is 3.60. The van der Waals surface area contributed by atoms with Crippen LogP contribution in [-0.4, -0.2) is 61.8 Å². The molecule has 0 saturated carbocycles. The molecule has 0 spiro atoms. The average Bonchev–Trinajstić information content (AvgIpc) is 3.67. The second-order valence-corrected chi connectivity index (χ2v) is 13.2. The fourth-order valence-corrected chi connectivity index (χ4v) is 8.04. The second-order valence-electron chi connectivity index (χ2n) is 10.5. The van der Waals surface area contributed by atoms with Gasteiger partial charge in [0.05, 0.1) is 11.9 Å². The van der Waals surface area contributed by atoms with Crippen LogP contribution in [0.15, 0.2) is 66.1 Å². The maximum atomic E-state index is 14.3. The number of carboxylic acid groups (broad SMARTS) is 1. The van der Waals surface area contributed by atoms with Crippen molar-refractivity contribution in [2.24, 2.45) is 0 Å². The number of imidazole rings is 1. The zero-order valence-electron chi connectivity index (χ0n) is 22.5. The largest absolute Gasteiger partial charge is 0.480 e. The van der Waals surface area contributed by atoms with E-state index in [4.69, 9.17) is 23.2 Å². The smallest absolute Gasteiger partial charge is 0.322 e. The van der Waals surface area contributed by atoms with E-state index < -0.39 is 39.6 Å². The van der Waals surface area contributed by atoms with Crippen molar-refractivity contribution >= 4 is 56.7 Å². The van der Waals surface area contributed by atoms with Crippen LogP contribution in [0, 0.1) is 6.08 Å². The van der Waals surface area contributed by atoms with Crippen LogP contribution in [0.4, 0.5) is 16.0 Å². The summed E-state index contributed by atoms with van der Waals surface area (Å²) in [5.74, 6) is -1.71. The Balaban J connectivity index is 1.46. The van der Waals surface area contributed by atoms with Crippen molar-refractivity contribution in [3.63, 3.8) is 0 Å². The van der Waals surface area contributed by atoms with E-state index in [1.807, 2.05) is 0 Å². The number of hydrogen-bond donors (Lipinski definition) is 1. The standard InChI is InChI=1S/C28H23Cl2FN6O5S/c1-28(12-16-4-6-17(7-5-16)18-13-32-26(31)33-14-18)25(40)36(21-10-19(29)9-20(30)11-21)27-34-15-23(37(27)28)43(41,42)35-8-2-3-22(35)24(38)39/h4-7,9-11,13-15,22H,2-3,8,12H2,1H3,(H,38,39). The van der Waals surface area contributed by atoms with Gasteiger partial charge >= 0.3 is 12.0 Å². The Morgan fingerprint density at radius 2 is 1.70 bits per heavy atom. The molecule has 2 aliphatic rings. The van der Waals surface area contributed by atoms with Gasteiger partial charge < -0.3 is 5.11 Å². The molecule has 222 valence electrons. The van der Waals surface area contributed by atoms with Crippen molar-refractivity contribution in [2.75, 3.05) is 11.4 Å². The van der Waals surface area contributed by atoms with E-state index in [9.17, 15) is 27.5 Å². The van der Waals surface area contributed by atoms with Gasteiger partial charge in [-0.2, -0.15) is 8.70 Å². The van der Waals surface area contributed by atoms with Gasteiger partial charge in [0.15, 0.2) is 5.03 Å². The molecule has 15 heteroatoms. The van der Waals surface area contributed by atoms with E-state index in [1.165, 1.54) is 40.1 Å². The minimum absolute atomic E-state index is 0.0205. The van der Waals surface area contributed by atoms with Gasteiger partial charge in [-0.05, 0) is 49.1 Å². The third-order valence-corrected chi connectivity index (χ3v) is 10.00. The number of aliphatic carboxylic acids is 1. The monoisotopic (exact) mass is 644 g/mol. The van der Waals surface area contributed by atoms with E-state index >= 15 is 0 Å². The summed E-state index contributed by atoms with van der Waals surface area (Å²) >= 11 is 12.5. The summed E-state index contributed by atoms with van der Waals surface area (Å²) in [5, 5.41) is 9.91. The highest BCUT2D eigenvalue weighted by molar-refractivity contribution is 7.89. The predicted molar refractivity (Wildman–Crippen MR) is 155 cm³/mol. The predicted octanol–water partition coefficient (Wildman–Crippen LogP) is 4.66. The van der Waals surface area contributed by atoms with Crippen LogP contribution in [0.25, 0.3) is 11.1 Å². The Hall–Kier alpha value is -3.91. The molecule has 2 aromatic heterocycles. The van der Waals surface area contributed by atoms with Crippen LogP contribution in [0.2, 0.25) is 10.0 Å². The van der Waals surface area contributed by atoms with Gasteiger partial charge in [0.25, 0.3) is 15.9 Å². The van der Waals surface area contributed by atoms with E-state index in [1.54, 1.807) is 31.2 Å². The van der Waals surface area contributed by atoms with Gasteiger partial charge in [-0.3, -0.25) is 14.2 Å². The molecule has 2 atom stereocenters. The van der Waals surface area contributed by atoms with Crippen molar-refractivity contribution in [3.8, 4) is 11.1 Å². The summed E-state index contributed by atoms with van der Waals surface area (Å²) in [6.45, 7) is 1.62. The minimum atomic E-state index is -4.39. The van der Waals surface area contributed by atoms with E-state index in [2.05, 4.69) is 15.0 Å². The second kappa shape index (κ2) is 10.7. The molecule has 1 saturated heterocycles. The molecule has 11 nitrogen and oxygen atoms in total. The Bertz CT molecular complexity index is 1850. The number of carboxylic acids is 1. The van der Waals surface area contributed by atoms with Crippen LogP contribution in [0.1, 0.15) is 25.3 Å². The van der Waals surface area contributed by atoms with Crippen LogP contribution >= 0.6 is 23.2 Å². The zero-order chi connectivity index (χ0) is 30.7. The van der Waals surface area contributed by atoms with Crippen molar-refractivity contribution in [3.05, 3.63) is 82.7 Å². The molecule has 1 N–H and O–H groups in total. The van der Waals surface area contributed by atoms with Crippen LogP contribution in [0.3, 0.4) is 0 Å². The maximum Gasteiger partial charge on any atom is 0.322 e. The molecule has 2 unspecified atom stereocenters. The lowest BCUT2D eigenvalue weighted by atomic mass is 9.91. The van der Waals surface area contributed by atoms with Crippen LogP contribution in [0.5, 0.6) is 0 Å². The van der Waals surface area contributed by atoms with Gasteiger partial charge in [0, 0.05) is 41.0 Å². The highest BCUT2D eigenvalue weighted by Crippen LogP contribution is 2.45. The molecule has 2 aliphatic heterocycles.